The summed E-state index contributed by atoms with van der Waals surface area (Å²) in [6, 6.07) is 21.0. The van der Waals surface area contributed by atoms with Crippen LogP contribution in [0.4, 0.5) is 16.3 Å². The third-order valence-electron chi connectivity index (χ3n) is 7.58. The molecule has 1 saturated heterocycles. The fourth-order valence-electron chi connectivity index (χ4n) is 5.13. The van der Waals surface area contributed by atoms with Gasteiger partial charge >= 0.3 is 6.03 Å². The largest absolute Gasteiger partial charge is 0.339 e. The maximum atomic E-state index is 13.1. The van der Waals surface area contributed by atoms with E-state index in [9.17, 15) is 9.59 Å². The molecule has 3 heterocycles. The normalized spacial score (nSPS) is 14.1. The SMILES string of the molecule is Cc1ccc(-n2nc(C(C)(C)C)cc2NC(=O)Nc2cccc(CC3CCN(C(=O)c4ccc(Cl)nc4)CC3)c2)cc1. The van der Waals surface area contributed by atoms with Crippen LogP contribution in [-0.2, 0) is 11.8 Å². The Morgan fingerprint density at radius 3 is 2.38 bits per heavy atom. The zero-order chi connectivity index (χ0) is 29.9. The lowest BCUT2D eigenvalue weighted by molar-refractivity contribution is 0.0690. The molecule has 1 fully saturated rings. The van der Waals surface area contributed by atoms with Crippen molar-refractivity contribution in [2.75, 3.05) is 23.7 Å². The fourth-order valence-corrected chi connectivity index (χ4v) is 5.24. The summed E-state index contributed by atoms with van der Waals surface area (Å²) in [6.07, 6.45) is 4.26. The quantitative estimate of drug-likeness (QED) is 0.233. The molecule has 0 radical (unpaired) electrons. The molecule has 1 aliphatic heterocycles. The van der Waals surface area contributed by atoms with Gasteiger partial charge in [-0.15, -0.1) is 0 Å². The van der Waals surface area contributed by atoms with E-state index in [0.717, 1.165) is 47.5 Å². The molecular weight excluding hydrogens is 548 g/mol. The molecule has 9 heteroatoms. The Balaban J connectivity index is 1.20. The van der Waals surface area contributed by atoms with Gasteiger partial charge in [-0.2, -0.15) is 5.10 Å². The predicted molar refractivity (Wildman–Crippen MR) is 168 cm³/mol. The Morgan fingerprint density at radius 2 is 1.71 bits per heavy atom. The minimum atomic E-state index is -0.329. The van der Waals surface area contributed by atoms with Crippen molar-refractivity contribution < 1.29 is 9.59 Å². The van der Waals surface area contributed by atoms with Gasteiger partial charge in [-0.05, 0) is 74.1 Å². The molecule has 2 N–H and O–H groups in total. The molecule has 3 amide bonds. The maximum Gasteiger partial charge on any atom is 0.324 e. The highest BCUT2D eigenvalue weighted by Crippen LogP contribution is 2.27. The summed E-state index contributed by atoms with van der Waals surface area (Å²) < 4.78 is 1.77. The summed E-state index contributed by atoms with van der Waals surface area (Å²) in [5.41, 5.74) is 5.19. The van der Waals surface area contributed by atoms with E-state index in [1.54, 1.807) is 16.8 Å². The van der Waals surface area contributed by atoms with Crippen LogP contribution < -0.4 is 10.6 Å². The Labute approximate surface area is 252 Å². The van der Waals surface area contributed by atoms with Gasteiger partial charge in [-0.3, -0.25) is 10.1 Å². The summed E-state index contributed by atoms with van der Waals surface area (Å²) in [4.78, 5) is 31.8. The average molecular weight is 585 g/mol. The van der Waals surface area contributed by atoms with Crippen molar-refractivity contribution in [3.05, 3.63) is 100 Å². The second kappa shape index (κ2) is 12.4. The van der Waals surface area contributed by atoms with E-state index in [-0.39, 0.29) is 17.4 Å². The molecule has 4 aromatic rings. The number of urea groups is 1. The second-order valence-corrected chi connectivity index (χ2v) is 12.4. The number of carbonyl (C=O) groups is 2. The number of hydrogen-bond acceptors (Lipinski definition) is 4. The second-order valence-electron chi connectivity index (χ2n) is 12.0. The summed E-state index contributed by atoms with van der Waals surface area (Å²) in [5.74, 6) is 1.06. The number of pyridine rings is 1. The van der Waals surface area contributed by atoms with Gasteiger partial charge < -0.3 is 10.2 Å². The average Bonchev–Trinajstić information content (AvgIpc) is 3.38. The highest BCUT2D eigenvalue weighted by molar-refractivity contribution is 6.29. The molecule has 42 heavy (non-hydrogen) atoms. The monoisotopic (exact) mass is 584 g/mol. The Hall–Kier alpha value is -4.17. The summed E-state index contributed by atoms with van der Waals surface area (Å²) >= 11 is 5.86. The first-order chi connectivity index (χ1) is 20.0. The van der Waals surface area contributed by atoms with Crippen LogP contribution >= 0.6 is 11.6 Å². The molecule has 0 unspecified atom stereocenters. The molecule has 0 aliphatic carbocycles. The number of nitrogens with zero attached hydrogens (tertiary/aromatic N) is 4. The fraction of sp³-hybridized carbons (Fsp3) is 0.333. The molecule has 218 valence electrons. The van der Waals surface area contributed by atoms with Crippen molar-refractivity contribution in [3.8, 4) is 5.69 Å². The lowest BCUT2D eigenvalue weighted by Crippen LogP contribution is -2.38. The number of carbonyl (C=O) groups excluding carboxylic acids is 2. The Morgan fingerprint density at radius 1 is 0.976 bits per heavy atom. The van der Waals surface area contributed by atoms with Gasteiger partial charge in [0.2, 0.25) is 0 Å². The Bertz CT molecular complexity index is 1550. The van der Waals surface area contributed by atoms with Crippen molar-refractivity contribution in [2.45, 2.75) is 52.4 Å². The van der Waals surface area contributed by atoms with E-state index >= 15 is 0 Å². The third kappa shape index (κ3) is 7.18. The van der Waals surface area contributed by atoms with Crippen LogP contribution in [0, 0.1) is 12.8 Å². The molecule has 0 bridgehead atoms. The summed E-state index contributed by atoms with van der Waals surface area (Å²) in [6.45, 7) is 9.75. The van der Waals surface area contributed by atoms with E-state index in [0.29, 0.717) is 35.5 Å². The van der Waals surface area contributed by atoms with Crippen LogP contribution in [0.3, 0.4) is 0 Å². The van der Waals surface area contributed by atoms with Crippen molar-refractivity contribution in [2.24, 2.45) is 5.92 Å². The molecule has 8 nitrogen and oxygen atoms in total. The first-order valence-corrected chi connectivity index (χ1v) is 14.7. The molecule has 0 spiro atoms. The molecule has 5 rings (SSSR count). The molecule has 1 aliphatic rings. The number of likely N-dealkylation sites (tertiary alicyclic amines) is 1. The smallest absolute Gasteiger partial charge is 0.324 e. The van der Waals surface area contributed by atoms with E-state index in [4.69, 9.17) is 16.7 Å². The van der Waals surface area contributed by atoms with E-state index in [2.05, 4.69) is 42.5 Å². The summed E-state index contributed by atoms with van der Waals surface area (Å²) in [7, 11) is 0. The molecule has 2 aromatic carbocycles. The van der Waals surface area contributed by atoms with Crippen LogP contribution in [0.1, 0.15) is 60.8 Å². The zero-order valence-electron chi connectivity index (χ0n) is 24.5. The van der Waals surface area contributed by atoms with Gasteiger partial charge in [-0.25, -0.2) is 14.5 Å². The highest BCUT2D eigenvalue weighted by atomic mass is 35.5. The number of aromatic nitrogens is 3. The molecule has 2 aromatic heterocycles. The molecule has 0 atom stereocenters. The maximum absolute atomic E-state index is 13.1. The minimum absolute atomic E-state index is 0.00633. The number of nitrogens with one attached hydrogen (secondary N) is 2. The van der Waals surface area contributed by atoms with Gasteiger partial charge in [0.05, 0.1) is 16.9 Å². The minimum Gasteiger partial charge on any atom is -0.339 e. The standard InChI is InChI=1S/C33H37ClN6O2/c1-22-8-11-27(12-9-22)40-30(20-28(38-40)33(2,3)4)37-32(42)36-26-7-5-6-24(19-26)18-23-14-16-39(17-15-23)31(41)25-10-13-29(34)35-21-25/h5-13,19-21,23H,14-18H2,1-4H3,(H2,36,37,42). The van der Waals surface area contributed by atoms with Gasteiger partial charge in [0.1, 0.15) is 11.0 Å². The molecular formula is C33H37ClN6O2. The van der Waals surface area contributed by atoms with Crippen LogP contribution in [0.5, 0.6) is 0 Å². The summed E-state index contributed by atoms with van der Waals surface area (Å²) in [5, 5.41) is 11.2. The number of anilines is 2. The number of halogens is 1. The highest BCUT2D eigenvalue weighted by Gasteiger charge is 2.25. The zero-order valence-corrected chi connectivity index (χ0v) is 25.3. The third-order valence-corrected chi connectivity index (χ3v) is 7.81. The number of benzene rings is 2. The van der Waals surface area contributed by atoms with Crippen molar-refractivity contribution >= 4 is 35.0 Å². The Kier molecular flexibility index (Phi) is 8.64. The van der Waals surface area contributed by atoms with Gasteiger partial charge in [0.15, 0.2) is 0 Å². The van der Waals surface area contributed by atoms with Crippen molar-refractivity contribution in [1.29, 1.82) is 0 Å². The number of aryl methyl sites for hydroxylation is 1. The number of rotatable bonds is 6. The van der Waals surface area contributed by atoms with Crippen LogP contribution in [-0.4, -0.2) is 44.7 Å². The van der Waals surface area contributed by atoms with Gasteiger partial charge in [-0.1, -0.05) is 62.2 Å². The lowest BCUT2D eigenvalue weighted by Gasteiger charge is -2.32. The van der Waals surface area contributed by atoms with Crippen molar-refractivity contribution in [1.82, 2.24) is 19.7 Å². The van der Waals surface area contributed by atoms with E-state index in [1.807, 2.05) is 60.4 Å². The molecule has 0 saturated carbocycles. The van der Waals surface area contributed by atoms with E-state index < -0.39 is 0 Å². The predicted octanol–water partition coefficient (Wildman–Crippen LogP) is 7.27. The topological polar surface area (TPSA) is 92.2 Å². The van der Waals surface area contributed by atoms with E-state index in [1.165, 1.54) is 6.20 Å². The van der Waals surface area contributed by atoms with Gasteiger partial charge in [0.25, 0.3) is 5.91 Å². The van der Waals surface area contributed by atoms with Crippen molar-refractivity contribution in [3.63, 3.8) is 0 Å². The number of hydrogen-bond donors (Lipinski definition) is 2. The van der Waals surface area contributed by atoms with Gasteiger partial charge in [0, 0.05) is 36.5 Å². The van der Waals surface area contributed by atoms with Crippen LogP contribution in [0.2, 0.25) is 5.15 Å². The lowest BCUT2D eigenvalue weighted by atomic mass is 9.90. The number of piperidine rings is 1. The number of amides is 3. The van der Waals surface area contributed by atoms with Crippen LogP contribution in [0.15, 0.2) is 72.9 Å². The first-order valence-electron chi connectivity index (χ1n) is 14.3. The first kappa shape index (κ1) is 29.3. The van der Waals surface area contributed by atoms with Crippen LogP contribution in [0.25, 0.3) is 5.69 Å².